The summed E-state index contributed by atoms with van der Waals surface area (Å²) in [6, 6.07) is 0. The molecule has 0 N–H and O–H groups in total. The molecule has 0 heteroatoms. The van der Waals surface area contributed by atoms with Gasteiger partial charge >= 0.3 is 0 Å². The van der Waals surface area contributed by atoms with Crippen LogP contribution in [0.5, 0.6) is 0 Å². The lowest BCUT2D eigenvalue weighted by Crippen LogP contribution is -2.30. The van der Waals surface area contributed by atoms with Gasteiger partial charge < -0.3 is 0 Å². The molecule has 5 fully saturated rings. The highest BCUT2D eigenvalue weighted by Gasteiger charge is 2.43. The van der Waals surface area contributed by atoms with Crippen LogP contribution in [0.4, 0.5) is 0 Å². The van der Waals surface area contributed by atoms with Gasteiger partial charge in [0.25, 0.3) is 0 Å². The molecular formula is C12H20. The van der Waals surface area contributed by atoms with E-state index >= 15 is 0 Å². The van der Waals surface area contributed by atoms with E-state index in [2.05, 4.69) is 6.92 Å². The molecule has 5 rings (SSSR count). The summed E-state index contributed by atoms with van der Waals surface area (Å²) in [5.74, 6) is 3.53. The second-order valence-electron chi connectivity index (χ2n) is 5.43. The maximum atomic E-state index is 8.41. The average Bonchev–Trinajstić information content (AvgIpc) is 2.34. The molecule has 5 aliphatic rings. The van der Waals surface area contributed by atoms with Crippen LogP contribution in [0, 0.1) is 29.6 Å². The Balaban J connectivity index is 1.97. The van der Waals surface area contributed by atoms with Crippen molar-refractivity contribution in [1.29, 1.82) is 0 Å². The molecule has 0 aromatic carbocycles. The molecule has 12 heavy (non-hydrogen) atoms. The fraction of sp³-hybridized carbons (Fsp3) is 1.00. The van der Waals surface area contributed by atoms with Gasteiger partial charge in [-0.3, -0.25) is 0 Å². The van der Waals surface area contributed by atoms with E-state index in [0.29, 0.717) is 0 Å². The summed E-state index contributed by atoms with van der Waals surface area (Å²) in [6.45, 7) is 2.20. The number of fused-ring (bicyclic) bond motifs is 2. The maximum Gasteiger partial charge on any atom is 0.0303 e. The molecule has 5 aliphatic carbocycles. The first-order chi connectivity index (χ1) is 6.15. The second-order valence-corrected chi connectivity index (χ2v) is 5.43. The van der Waals surface area contributed by atoms with Crippen LogP contribution in [-0.2, 0) is 0 Å². The van der Waals surface area contributed by atoms with Crippen molar-refractivity contribution in [3.05, 3.63) is 0 Å². The molecule has 5 atom stereocenters. The number of hydrogen-bond donors (Lipinski definition) is 0. The van der Waals surface area contributed by atoms with Gasteiger partial charge in [-0.2, -0.15) is 0 Å². The van der Waals surface area contributed by atoms with E-state index in [-0.39, 0.29) is 5.89 Å². The lowest BCUT2D eigenvalue weighted by molar-refractivity contribution is 0.108. The summed E-state index contributed by atoms with van der Waals surface area (Å²) in [5, 5.41) is 0. The Kier molecular flexibility index (Phi) is 1.34. The Hall–Kier alpha value is 0. The standard InChI is InChI=1S/C12H20/c1-8-4-10-5-9-2-3-11(6-10)12(8)7-9/h8-12H,2-7H2,1H3/t8-,9?,10?,11?,12?/m0/s1/i8D. The summed E-state index contributed by atoms with van der Waals surface area (Å²) in [6.07, 6.45) is 8.44. The molecule has 0 aliphatic heterocycles. The molecule has 0 spiro atoms. The van der Waals surface area contributed by atoms with Crippen LogP contribution < -0.4 is 0 Å². The molecule has 0 heterocycles. The van der Waals surface area contributed by atoms with Gasteiger partial charge in [0.15, 0.2) is 0 Å². The van der Waals surface area contributed by atoms with Crippen molar-refractivity contribution in [3.8, 4) is 0 Å². The van der Waals surface area contributed by atoms with Crippen LogP contribution >= 0.6 is 0 Å². The Morgan fingerprint density at radius 1 is 1.00 bits per heavy atom. The van der Waals surface area contributed by atoms with Crippen molar-refractivity contribution in [2.75, 3.05) is 0 Å². The largest absolute Gasteiger partial charge is 0.0622 e. The van der Waals surface area contributed by atoms with Gasteiger partial charge in [0, 0.05) is 1.37 Å². The SMILES string of the molecule is [2H][C@]1(C)CC2CC3CCC(C2)C1C3. The van der Waals surface area contributed by atoms with Crippen molar-refractivity contribution >= 4 is 0 Å². The number of hydrogen-bond acceptors (Lipinski definition) is 0. The molecule has 0 saturated heterocycles. The van der Waals surface area contributed by atoms with Gasteiger partial charge in [0.05, 0.1) is 0 Å². The van der Waals surface area contributed by atoms with Gasteiger partial charge in [0.1, 0.15) is 0 Å². The minimum absolute atomic E-state index is 0.0667. The van der Waals surface area contributed by atoms with Gasteiger partial charge in [-0.05, 0) is 61.7 Å². The van der Waals surface area contributed by atoms with E-state index < -0.39 is 0 Å². The molecule has 68 valence electrons. The smallest absolute Gasteiger partial charge is 0.0303 e. The van der Waals surface area contributed by atoms with Crippen LogP contribution in [0.1, 0.15) is 46.8 Å². The Bertz CT molecular complexity index is 219. The summed E-state index contributed by atoms with van der Waals surface area (Å²) >= 11 is 0. The van der Waals surface area contributed by atoms with Gasteiger partial charge in [-0.25, -0.2) is 0 Å². The van der Waals surface area contributed by atoms with Crippen LogP contribution in [0.2, 0.25) is 0 Å². The third-order valence-corrected chi connectivity index (χ3v) is 4.65. The molecule has 0 amide bonds. The zero-order chi connectivity index (χ0) is 9.05. The zero-order valence-corrected chi connectivity index (χ0v) is 8.05. The van der Waals surface area contributed by atoms with Gasteiger partial charge in [-0.15, -0.1) is 0 Å². The lowest BCUT2D eigenvalue weighted by Gasteiger charge is -2.39. The van der Waals surface area contributed by atoms with Crippen LogP contribution in [0.25, 0.3) is 0 Å². The first-order valence-corrected chi connectivity index (χ1v) is 5.65. The normalized spacial score (nSPS) is 64.6. The van der Waals surface area contributed by atoms with Crippen LogP contribution in [0.15, 0.2) is 0 Å². The Morgan fingerprint density at radius 2 is 1.92 bits per heavy atom. The van der Waals surface area contributed by atoms with Crippen molar-refractivity contribution in [1.82, 2.24) is 0 Å². The Labute approximate surface area is 77.1 Å². The van der Waals surface area contributed by atoms with Crippen LogP contribution in [-0.4, -0.2) is 0 Å². The minimum Gasteiger partial charge on any atom is -0.0622 e. The minimum atomic E-state index is -0.0667. The summed E-state index contributed by atoms with van der Waals surface area (Å²) in [4.78, 5) is 0. The fourth-order valence-corrected chi connectivity index (χ4v) is 4.19. The summed E-state index contributed by atoms with van der Waals surface area (Å²) < 4.78 is 8.41. The van der Waals surface area contributed by atoms with E-state index in [1.807, 2.05) is 0 Å². The third-order valence-electron chi connectivity index (χ3n) is 4.65. The fourth-order valence-electron chi connectivity index (χ4n) is 4.19. The number of rotatable bonds is 0. The highest BCUT2D eigenvalue weighted by Crippen LogP contribution is 2.54. The summed E-state index contributed by atoms with van der Waals surface area (Å²) in [5.41, 5.74) is 0. The first kappa shape index (κ1) is 6.45. The molecule has 0 aromatic heterocycles. The van der Waals surface area contributed by atoms with Crippen molar-refractivity contribution in [3.63, 3.8) is 0 Å². The third kappa shape index (κ3) is 0.963. The topological polar surface area (TPSA) is 0 Å². The summed E-state index contributed by atoms with van der Waals surface area (Å²) in [7, 11) is 0. The quantitative estimate of drug-likeness (QED) is 0.515. The van der Waals surface area contributed by atoms with Crippen molar-refractivity contribution in [2.24, 2.45) is 29.6 Å². The Morgan fingerprint density at radius 3 is 2.83 bits per heavy atom. The second kappa shape index (κ2) is 2.49. The molecule has 4 bridgehead atoms. The predicted octanol–water partition coefficient (Wildman–Crippen LogP) is 3.47. The van der Waals surface area contributed by atoms with E-state index in [4.69, 9.17) is 1.37 Å². The van der Waals surface area contributed by atoms with Crippen molar-refractivity contribution in [2.45, 2.75) is 45.4 Å². The van der Waals surface area contributed by atoms with Crippen molar-refractivity contribution < 1.29 is 1.37 Å². The van der Waals surface area contributed by atoms with E-state index in [0.717, 1.165) is 23.7 Å². The molecular weight excluding hydrogens is 144 g/mol. The van der Waals surface area contributed by atoms with Gasteiger partial charge in [-0.1, -0.05) is 13.3 Å². The first-order valence-electron chi connectivity index (χ1n) is 6.15. The van der Waals surface area contributed by atoms with E-state index in [9.17, 15) is 0 Å². The molecule has 0 aromatic rings. The van der Waals surface area contributed by atoms with E-state index in [1.54, 1.807) is 0 Å². The molecule has 0 radical (unpaired) electrons. The van der Waals surface area contributed by atoms with Crippen LogP contribution in [0.3, 0.4) is 0 Å². The zero-order valence-electron chi connectivity index (χ0n) is 9.05. The van der Waals surface area contributed by atoms with E-state index in [1.165, 1.54) is 38.5 Å². The lowest BCUT2D eigenvalue weighted by atomic mass is 9.66. The maximum absolute atomic E-state index is 8.41. The highest BCUT2D eigenvalue weighted by atomic mass is 14.5. The molecule has 4 unspecified atom stereocenters. The van der Waals surface area contributed by atoms with Gasteiger partial charge in [0.2, 0.25) is 0 Å². The average molecular weight is 165 g/mol. The molecule has 0 nitrogen and oxygen atoms in total. The monoisotopic (exact) mass is 165 g/mol. The highest BCUT2D eigenvalue weighted by molar-refractivity contribution is 4.94. The molecule has 5 saturated carbocycles. The predicted molar refractivity (Wildman–Crippen MR) is 50.8 cm³/mol.